The lowest BCUT2D eigenvalue weighted by Gasteiger charge is -2.37. The van der Waals surface area contributed by atoms with Gasteiger partial charge >= 0.3 is 11.9 Å². The summed E-state index contributed by atoms with van der Waals surface area (Å²) in [6.07, 6.45) is 1.25. The van der Waals surface area contributed by atoms with Gasteiger partial charge in [-0.2, -0.15) is 0 Å². The van der Waals surface area contributed by atoms with Crippen molar-refractivity contribution in [1.82, 2.24) is 19.7 Å². The number of hydrogen-bond donors (Lipinski definition) is 4. The maximum atomic E-state index is 12.2. The van der Waals surface area contributed by atoms with Gasteiger partial charge in [-0.1, -0.05) is 0 Å². The SMILES string of the molecule is CN(C)C(=O)CN1CCN([C@@H](C(=O)O)c2c[nH]c3ccc(NC(=O)CCC(=O)O)cc23)CC1. The van der Waals surface area contributed by atoms with Gasteiger partial charge in [-0.25, -0.2) is 0 Å². The highest BCUT2D eigenvalue weighted by atomic mass is 16.4. The van der Waals surface area contributed by atoms with Gasteiger partial charge in [0.15, 0.2) is 0 Å². The quantitative estimate of drug-likeness (QED) is 0.431. The number of carbonyl (C=O) groups excluding carboxylic acids is 2. The normalized spacial score (nSPS) is 15.8. The first-order chi connectivity index (χ1) is 15.7. The summed E-state index contributed by atoms with van der Waals surface area (Å²) in [6.45, 7) is 2.45. The summed E-state index contributed by atoms with van der Waals surface area (Å²) in [6, 6.07) is 4.23. The molecule has 11 heteroatoms. The minimum absolute atomic E-state index is 0.00722. The number of piperazine rings is 1. The number of rotatable bonds is 9. The summed E-state index contributed by atoms with van der Waals surface area (Å²) in [7, 11) is 3.41. The van der Waals surface area contributed by atoms with Crippen molar-refractivity contribution in [2.24, 2.45) is 0 Å². The molecule has 0 radical (unpaired) electrons. The van der Waals surface area contributed by atoms with Crippen molar-refractivity contribution in [3.63, 3.8) is 0 Å². The summed E-state index contributed by atoms with van der Waals surface area (Å²) in [5, 5.41) is 22.1. The molecule has 2 aromatic rings. The minimum atomic E-state index is -1.05. The van der Waals surface area contributed by atoms with Crippen LogP contribution in [-0.4, -0.2) is 100 Å². The molecule has 1 aliphatic heterocycles. The number of carbonyl (C=O) groups is 4. The highest BCUT2D eigenvalue weighted by Crippen LogP contribution is 2.31. The number of carboxylic acid groups (broad SMARTS) is 2. The number of likely N-dealkylation sites (N-methyl/N-ethyl adjacent to an activating group) is 1. The Kier molecular flexibility index (Phi) is 7.67. The van der Waals surface area contributed by atoms with Crippen molar-refractivity contribution < 1.29 is 29.4 Å². The Hall–Kier alpha value is -3.44. The Balaban J connectivity index is 1.75. The van der Waals surface area contributed by atoms with Crippen LogP contribution in [0.4, 0.5) is 5.69 Å². The summed E-state index contributed by atoms with van der Waals surface area (Å²) in [5.74, 6) is -2.45. The molecule has 178 valence electrons. The van der Waals surface area contributed by atoms with Crippen molar-refractivity contribution in [2.75, 3.05) is 52.1 Å². The van der Waals surface area contributed by atoms with Gasteiger partial charge in [-0.15, -0.1) is 0 Å². The van der Waals surface area contributed by atoms with Gasteiger partial charge in [0.1, 0.15) is 6.04 Å². The van der Waals surface area contributed by atoms with Crippen molar-refractivity contribution >= 4 is 40.3 Å². The lowest BCUT2D eigenvalue weighted by atomic mass is 10.0. The van der Waals surface area contributed by atoms with Gasteiger partial charge in [-0.05, 0) is 18.2 Å². The van der Waals surface area contributed by atoms with E-state index in [1.807, 2.05) is 9.80 Å². The van der Waals surface area contributed by atoms with E-state index in [9.17, 15) is 24.3 Å². The van der Waals surface area contributed by atoms with Crippen LogP contribution in [-0.2, 0) is 19.2 Å². The topological polar surface area (TPSA) is 146 Å². The molecule has 0 unspecified atom stereocenters. The molecule has 2 amide bonds. The van der Waals surface area contributed by atoms with Crippen molar-refractivity contribution in [3.8, 4) is 0 Å². The number of nitrogens with zero attached hydrogens (tertiary/aromatic N) is 3. The molecule has 0 bridgehead atoms. The maximum Gasteiger partial charge on any atom is 0.325 e. The molecule has 11 nitrogen and oxygen atoms in total. The van der Waals surface area contributed by atoms with E-state index < -0.39 is 23.9 Å². The number of amides is 2. The van der Waals surface area contributed by atoms with Gasteiger partial charge in [0.25, 0.3) is 0 Å². The Morgan fingerprint density at radius 2 is 1.79 bits per heavy atom. The first-order valence-electron chi connectivity index (χ1n) is 10.7. The minimum Gasteiger partial charge on any atom is -0.481 e. The van der Waals surface area contributed by atoms with Crippen LogP contribution >= 0.6 is 0 Å². The average Bonchev–Trinajstić information content (AvgIpc) is 3.16. The number of aromatic amines is 1. The zero-order chi connectivity index (χ0) is 24.1. The molecule has 1 aromatic carbocycles. The largest absolute Gasteiger partial charge is 0.481 e. The Morgan fingerprint density at radius 1 is 1.09 bits per heavy atom. The molecule has 0 aliphatic carbocycles. The number of anilines is 1. The Morgan fingerprint density at radius 3 is 2.39 bits per heavy atom. The first-order valence-corrected chi connectivity index (χ1v) is 10.7. The molecular weight excluding hydrogens is 430 g/mol. The third-order valence-corrected chi connectivity index (χ3v) is 5.72. The fourth-order valence-electron chi connectivity index (χ4n) is 3.89. The van der Waals surface area contributed by atoms with Crippen LogP contribution < -0.4 is 5.32 Å². The van der Waals surface area contributed by atoms with E-state index in [4.69, 9.17) is 5.11 Å². The van der Waals surface area contributed by atoms with Gasteiger partial charge in [-0.3, -0.25) is 29.0 Å². The standard InChI is InChI=1S/C22H29N5O6/c1-25(2)19(29)13-26-7-9-27(10-8-26)21(22(32)33)16-12-23-17-4-3-14(11-15(16)17)24-18(28)5-6-20(30)31/h3-4,11-12,21,23H,5-10,13H2,1-2H3,(H,24,28)(H,30,31)(H,32,33)/t21-/m1/s1. The molecule has 1 atom stereocenters. The van der Waals surface area contributed by atoms with Crippen LogP contribution in [0.25, 0.3) is 10.9 Å². The molecule has 3 rings (SSSR count). The Labute approximate surface area is 190 Å². The maximum absolute atomic E-state index is 12.2. The molecular formula is C22H29N5O6. The van der Waals surface area contributed by atoms with Crippen molar-refractivity contribution in [2.45, 2.75) is 18.9 Å². The molecule has 4 N–H and O–H groups in total. The van der Waals surface area contributed by atoms with E-state index >= 15 is 0 Å². The van der Waals surface area contributed by atoms with Crippen LogP contribution in [0.2, 0.25) is 0 Å². The fourth-order valence-corrected chi connectivity index (χ4v) is 3.89. The number of aromatic nitrogens is 1. The van der Waals surface area contributed by atoms with Crippen molar-refractivity contribution in [3.05, 3.63) is 30.0 Å². The van der Waals surface area contributed by atoms with E-state index in [-0.39, 0.29) is 18.7 Å². The molecule has 0 spiro atoms. The van der Waals surface area contributed by atoms with E-state index in [1.54, 1.807) is 38.5 Å². The number of benzene rings is 1. The van der Waals surface area contributed by atoms with Crippen LogP contribution in [0.3, 0.4) is 0 Å². The number of fused-ring (bicyclic) bond motifs is 1. The van der Waals surface area contributed by atoms with E-state index in [2.05, 4.69) is 10.3 Å². The summed E-state index contributed by atoms with van der Waals surface area (Å²) < 4.78 is 0. The monoisotopic (exact) mass is 459 g/mol. The zero-order valence-corrected chi connectivity index (χ0v) is 18.7. The summed E-state index contributed by atoms with van der Waals surface area (Å²) in [5.41, 5.74) is 1.78. The van der Waals surface area contributed by atoms with Gasteiger partial charge in [0, 0.05) is 75.0 Å². The molecule has 1 aromatic heterocycles. The van der Waals surface area contributed by atoms with Crippen LogP contribution in [0.5, 0.6) is 0 Å². The Bertz CT molecular complexity index is 1040. The average molecular weight is 460 g/mol. The highest BCUT2D eigenvalue weighted by Gasteiger charge is 2.32. The molecule has 1 saturated heterocycles. The van der Waals surface area contributed by atoms with Gasteiger partial charge in [0.2, 0.25) is 11.8 Å². The number of aliphatic carboxylic acids is 2. The predicted molar refractivity (Wildman–Crippen MR) is 121 cm³/mol. The second kappa shape index (κ2) is 10.5. The molecule has 1 fully saturated rings. The smallest absolute Gasteiger partial charge is 0.325 e. The molecule has 33 heavy (non-hydrogen) atoms. The van der Waals surface area contributed by atoms with Crippen molar-refractivity contribution in [1.29, 1.82) is 0 Å². The number of carboxylic acids is 2. The lowest BCUT2D eigenvalue weighted by Crippen LogP contribution is -2.51. The lowest BCUT2D eigenvalue weighted by molar-refractivity contribution is -0.145. The second-order valence-electron chi connectivity index (χ2n) is 8.29. The zero-order valence-electron chi connectivity index (χ0n) is 18.7. The third-order valence-electron chi connectivity index (χ3n) is 5.72. The number of nitrogens with one attached hydrogen (secondary N) is 2. The van der Waals surface area contributed by atoms with Gasteiger partial charge in [0.05, 0.1) is 13.0 Å². The van der Waals surface area contributed by atoms with E-state index in [0.717, 1.165) is 5.52 Å². The van der Waals surface area contributed by atoms with Crippen LogP contribution in [0.15, 0.2) is 24.4 Å². The highest BCUT2D eigenvalue weighted by molar-refractivity contribution is 5.96. The fraction of sp³-hybridized carbons (Fsp3) is 0.455. The van der Waals surface area contributed by atoms with Gasteiger partial charge < -0.3 is 25.4 Å². The van der Waals surface area contributed by atoms with Crippen LogP contribution in [0, 0.1) is 0 Å². The van der Waals surface area contributed by atoms with E-state index in [1.165, 1.54) is 4.90 Å². The first kappa shape index (κ1) is 24.2. The number of H-pyrrole nitrogens is 1. The predicted octanol–water partition coefficient (Wildman–Crippen LogP) is 0.803. The molecule has 2 heterocycles. The summed E-state index contributed by atoms with van der Waals surface area (Å²) >= 11 is 0. The van der Waals surface area contributed by atoms with E-state index in [0.29, 0.717) is 49.4 Å². The van der Waals surface area contributed by atoms with Crippen LogP contribution in [0.1, 0.15) is 24.4 Å². The second-order valence-corrected chi connectivity index (χ2v) is 8.29. The molecule has 0 saturated carbocycles. The number of hydrogen-bond acceptors (Lipinski definition) is 6. The molecule has 1 aliphatic rings. The third kappa shape index (κ3) is 6.08. The summed E-state index contributed by atoms with van der Waals surface area (Å²) in [4.78, 5) is 55.4.